The lowest BCUT2D eigenvalue weighted by atomic mass is 10.2. The SMILES string of the molecule is O=Cc1cc(F)cc(Oc2ccc(Cl)cc2[N+](=O)[O-])c1. The Labute approximate surface area is 117 Å². The lowest BCUT2D eigenvalue weighted by Crippen LogP contribution is -1.94. The van der Waals surface area contributed by atoms with Gasteiger partial charge < -0.3 is 4.74 Å². The third-order valence-electron chi connectivity index (χ3n) is 2.38. The van der Waals surface area contributed by atoms with Gasteiger partial charge in [-0.15, -0.1) is 0 Å². The summed E-state index contributed by atoms with van der Waals surface area (Å²) in [6.07, 6.45) is 0.451. The molecule has 2 aromatic carbocycles. The fraction of sp³-hybridized carbons (Fsp3) is 0. The second-order valence-corrected chi connectivity index (χ2v) is 4.25. The minimum Gasteiger partial charge on any atom is -0.450 e. The van der Waals surface area contributed by atoms with E-state index in [4.69, 9.17) is 16.3 Å². The molecule has 0 fully saturated rings. The summed E-state index contributed by atoms with van der Waals surface area (Å²) in [7, 11) is 0. The smallest absolute Gasteiger partial charge is 0.313 e. The highest BCUT2D eigenvalue weighted by Gasteiger charge is 2.17. The van der Waals surface area contributed by atoms with Gasteiger partial charge in [0.25, 0.3) is 0 Å². The van der Waals surface area contributed by atoms with Crippen molar-refractivity contribution < 1.29 is 18.8 Å². The van der Waals surface area contributed by atoms with E-state index in [-0.39, 0.29) is 27.8 Å². The quantitative estimate of drug-likeness (QED) is 0.486. The van der Waals surface area contributed by atoms with Gasteiger partial charge in [0.1, 0.15) is 17.9 Å². The Morgan fingerprint density at radius 2 is 2.00 bits per heavy atom. The van der Waals surface area contributed by atoms with Crippen LogP contribution in [0.15, 0.2) is 36.4 Å². The van der Waals surface area contributed by atoms with E-state index in [0.717, 1.165) is 18.2 Å². The second-order valence-electron chi connectivity index (χ2n) is 3.81. The van der Waals surface area contributed by atoms with Gasteiger partial charge in [-0.1, -0.05) is 11.6 Å². The molecule has 0 aliphatic rings. The standard InChI is InChI=1S/C13H7ClFNO4/c14-9-1-2-13(12(5-9)16(18)19)20-11-4-8(7-17)3-10(15)6-11/h1-7H. The summed E-state index contributed by atoms with van der Waals surface area (Å²) < 4.78 is 18.5. The van der Waals surface area contributed by atoms with Crippen molar-refractivity contribution in [1.82, 2.24) is 0 Å². The van der Waals surface area contributed by atoms with Crippen LogP contribution in [0.5, 0.6) is 11.5 Å². The summed E-state index contributed by atoms with van der Waals surface area (Å²) in [5, 5.41) is 11.1. The van der Waals surface area contributed by atoms with Crippen LogP contribution in [-0.2, 0) is 0 Å². The monoisotopic (exact) mass is 295 g/mol. The number of carbonyl (C=O) groups is 1. The van der Waals surface area contributed by atoms with Gasteiger partial charge in [-0.3, -0.25) is 14.9 Å². The van der Waals surface area contributed by atoms with Crippen LogP contribution in [0.4, 0.5) is 10.1 Å². The van der Waals surface area contributed by atoms with E-state index in [1.165, 1.54) is 18.2 Å². The molecular weight excluding hydrogens is 289 g/mol. The van der Waals surface area contributed by atoms with Crippen LogP contribution in [0, 0.1) is 15.9 Å². The van der Waals surface area contributed by atoms with Gasteiger partial charge >= 0.3 is 5.69 Å². The van der Waals surface area contributed by atoms with Crippen molar-refractivity contribution in [2.75, 3.05) is 0 Å². The molecule has 0 saturated heterocycles. The maximum atomic E-state index is 13.2. The lowest BCUT2D eigenvalue weighted by molar-refractivity contribution is -0.385. The number of hydrogen-bond donors (Lipinski definition) is 0. The predicted molar refractivity (Wildman–Crippen MR) is 70.0 cm³/mol. The number of aldehydes is 1. The van der Waals surface area contributed by atoms with Crippen LogP contribution in [0.2, 0.25) is 5.02 Å². The maximum Gasteiger partial charge on any atom is 0.313 e. The first kappa shape index (κ1) is 14.0. The van der Waals surface area contributed by atoms with Gasteiger partial charge in [0, 0.05) is 22.7 Å². The van der Waals surface area contributed by atoms with Crippen LogP contribution in [-0.4, -0.2) is 11.2 Å². The Morgan fingerprint density at radius 3 is 2.65 bits per heavy atom. The van der Waals surface area contributed by atoms with Gasteiger partial charge in [-0.05, 0) is 24.3 Å². The number of rotatable bonds is 4. The Hall–Kier alpha value is -2.47. The molecule has 0 aliphatic heterocycles. The minimum atomic E-state index is -0.679. The van der Waals surface area contributed by atoms with Gasteiger partial charge in [-0.25, -0.2) is 4.39 Å². The molecule has 2 rings (SSSR count). The highest BCUT2D eigenvalue weighted by molar-refractivity contribution is 6.30. The molecule has 0 unspecified atom stereocenters. The summed E-state index contributed by atoms with van der Waals surface area (Å²) >= 11 is 5.67. The van der Waals surface area contributed by atoms with Gasteiger partial charge in [0.2, 0.25) is 5.75 Å². The number of ether oxygens (including phenoxy) is 1. The predicted octanol–water partition coefficient (Wildman–Crippen LogP) is 3.99. The molecule has 0 aliphatic carbocycles. The molecule has 2 aromatic rings. The molecular formula is C13H7ClFNO4. The van der Waals surface area contributed by atoms with Gasteiger partial charge in [0.05, 0.1) is 4.92 Å². The topological polar surface area (TPSA) is 69.4 Å². The van der Waals surface area contributed by atoms with Crippen LogP contribution in [0.25, 0.3) is 0 Å². The van der Waals surface area contributed by atoms with Crippen molar-refractivity contribution in [3.63, 3.8) is 0 Å². The highest BCUT2D eigenvalue weighted by atomic mass is 35.5. The zero-order chi connectivity index (χ0) is 14.7. The van der Waals surface area contributed by atoms with Crippen molar-refractivity contribution in [3.05, 3.63) is 62.9 Å². The number of hydrogen-bond acceptors (Lipinski definition) is 4. The van der Waals surface area contributed by atoms with Crippen molar-refractivity contribution in [2.45, 2.75) is 0 Å². The van der Waals surface area contributed by atoms with Gasteiger partial charge in [-0.2, -0.15) is 0 Å². The molecule has 102 valence electrons. The molecule has 0 atom stereocenters. The molecule has 20 heavy (non-hydrogen) atoms. The first-order valence-corrected chi connectivity index (χ1v) is 5.75. The largest absolute Gasteiger partial charge is 0.450 e. The normalized spacial score (nSPS) is 10.1. The van der Waals surface area contributed by atoms with E-state index in [1.54, 1.807) is 0 Å². The Kier molecular flexibility index (Phi) is 3.95. The van der Waals surface area contributed by atoms with Crippen LogP contribution in [0.3, 0.4) is 0 Å². The summed E-state index contributed by atoms with van der Waals surface area (Å²) in [5.74, 6) is -0.791. The molecule has 0 bridgehead atoms. The van der Waals surface area contributed by atoms with Crippen molar-refractivity contribution in [1.29, 1.82) is 0 Å². The highest BCUT2D eigenvalue weighted by Crippen LogP contribution is 2.33. The third-order valence-corrected chi connectivity index (χ3v) is 2.61. The second kappa shape index (κ2) is 5.66. The van der Waals surface area contributed by atoms with E-state index in [1.807, 2.05) is 0 Å². The van der Waals surface area contributed by atoms with Crippen LogP contribution in [0.1, 0.15) is 10.4 Å². The molecule has 7 heteroatoms. The summed E-state index contributed by atoms with van der Waals surface area (Å²) in [5.41, 5.74) is -0.286. The average Bonchev–Trinajstić information content (AvgIpc) is 2.40. The Morgan fingerprint density at radius 1 is 1.25 bits per heavy atom. The average molecular weight is 296 g/mol. The number of nitro benzene ring substituents is 1. The number of benzene rings is 2. The molecule has 0 N–H and O–H groups in total. The van der Waals surface area contributed by atoms with E-state index in [2.05, 4.69) is 0 Å². The molecule has 0 radical (unpaired) electrons. The van der Waals surface area contributed by atoms with E-state index < -0.39 is 10.7 Å². The van der Waals surface area contributed by atoms with Crippen molar-refractivity contribution >= 4 is 23.6 Å². The Balaban J connectivity index is 2.42. The molecule has 0 saturated carbocycles. The Bertz CT molecular complexity index is 690. The molecule has 0 heterocycles. The lowest BCUT2D eigenvalue weighted by Gasteiger charge is -2.07. The number of carbonyl (C=O) groups excluding carboxylic acids is 1. The number of nitro groups is 1. The van der Waals surface area contributed by atoms with Gasteiger partial charge in [0.15, 0.2) is 0 Å². The summed E-state index contributed by atoms with van der Waals surface area (Å²) in [6.45, 7) is 0. The fourth-order valence-corrected chi connectivity index (χ4v) is 1.72. The summed E-state index contributed by atoms with van der Waals surface area (Å²) in [6, 6.07) is 7.14. The van der Waals surface area contributed by atoms with Crippen LogP contribution < -0.4 is 4.74 Å². The van der Waals surface area contributed by atoms with Crippen LogP contribution >= 0.6 is 11.6 Å². The number of nitrogens with zero attached hydrogens (tertiary/aromatic N) is 1. The molecule has 0 amide bonds. The zero-order valence-electron chi connectivity index (χ0n) is 9.88. The minimum absolute atomic E-state index is 0.0162. The number of halogens is 2. The molecule has 5 nitrogen and oxygen atoms in total. The van der Waals surface area contributed by atoms with Crippen molar-refractivity contribution in [3.8, 4) is 11.5 Å². The zero-order valence-corrected chi connectivity index (χ0v) is 10.6. The van der Waals surface area contributed by atoms with E-state index >= 15 is 0 Å². The molecule has 0 aromatic heterocycles. The summed E-state index contributed by atoms with van der Waals surface area (Å²) in [4.78, 5) is 20.9. The van der Waals surface area contributed by atoms with E-state index in [0.29, 0.717) is 6.29 Å². The fourth-order valence-electron chi connectivity index (χ4n) is 1.56. The molecule has 0 spiro atoms. The third kappa shape index (κ3) is 3.10. The van der Waals surface area contributed by atoms with Crippen molar-refractivity contribution in [2.24, 2.45) is 0 Å². The maximum absolute atomic E-state index is 13.2. The van der Waals surface area contributed by atoms with E-state index in [9.17, 15) is 19.3 Å². The first-order valence-electron chi connectivity index (χ1n) is 5.37. The first-order chi connectivity index (χ1) is 9.49.